The number of sulfonamides is 1. The molecule has 0 aliphatic rings. The van der Waals surface area contributed by atoms with Crippen molar-refractivity contribution in [3.63, 3.8) is 0 Å². The van der Waals surface area contributed by atoms with Gasteiger partial charge in [-0.25, -0.2) is 17.8 Å². The lowest BCUT2D eigenvalue weighted by Gasteiger charge is -2.14. The van der Waals surface area contributed by atoms with Crippen molar-refractivity contribution < 1.29 is 8.42 Å². The van der Waals surface area contributed by atoms with Gasteiger partial charge in [0.2, 0.25) is 10.0 Å². The van der Waals surface area contributed by atoms with Crippen LogP contribution >= 0.6 is 0 Å². The van der Waals surface area contributed by atoms with E-state index < -0.39 is 10.0 Å². The summed E-state index contributed by atoms with van der Waals surface area (Å²) in [5.41, 5.74) is 6.68. The summed E-state index contributed by atoms with van der Waals surface area (Å²) < 4.78 is 28.7. The lowest BCUT2D eigenvalue weighted by atomic mass is 10.1. The monoisotopic (exact) mass is 294 g/mol. The maximum Gasteiger partial charge on any atom is 0.246 e. The summed E-state index contributed by atoms with van der Waals surface area (Å²) in [7, 11) is -3.69. The van der Waals surface area contributed by atoms with Crippen molar-refractivity contribution in [2.45, 2.75) is 31.3 Å². The fraction of sp³-hybridized carbons (Fsp3) is 0.308. The molecule has 7 heteroatoms. The molecule has 1 atom stereocenters. The second-order valence-corrected chi connectivity index (χ2v) is 6.15. The molecule has 0 aliphatic heterocycles. The summed E-state index contributed by atoms with van der Waals surface area (Å²) >= 11 is 0. The van der Waals surface area contributed by atoms with Crippen LogP contribution in [0.3, 0.4) is 0 Å². The van der Waals surface area contributed by atoms with Crippen LogP contribution in [0.1, 0.15) is 25.5 Å². The molecule has 1 heterocycles. The van der Waals surface area contributed by atoms with Crippen molar-refractivity contribution in [1.82, 2.24) is 14.5 Å². The molecule has 1 unspecified atom stereocenters. The van der Waals surface area contributed by atoms with E-state index in [0.717, 1.165) is 5.56 Å². The van der Waals surface area contributed by atoms with Gasteiger partial charge in [0.1, 0.15) is 10.7 Å². The van der Waals surface area contributed by atoms with Crippen molar-refractivity contribution in [2.24, 2.45) is 0 Å². The van der Waals surface area contributed by atoms with Crippen molar-refractivity contribution in [3.05, 3.63) is 42.1 Å². The van der Waals surface area contributed by atoms with Crippen LogP contribution in [0.4, 0.5) is 5.82 Å². The van der Waals surface area contributed by atoms with Crippen molar-refractivity contribution >= 4 is 15.8 Å². The van der Waals surface area contributed by atoms with Gasteiger partial charge >= 0.3 is 0 Å². The highest BCUT2D eigenvalue weighted by molar-refractivity contribution is 7.89. The molecule has 0 amide bonds. The summed E-state index contributed by atoms with van der Waals surface area (Å²) in [5, 5.41) is 3.95. The van der Waals surface area contributed by atoms with Gasteiger partial charge < -0.3 is 5.73 Å². The summed E-state index contributed by atoms with van der Waals surface area (Å²) in [4.78, 5) is 0.0159. The molecule has 108 valence electrons. The molecule has 20 heavy (non-hydrogen) atoms. The first-order chi connectivity index (χ1) is 9.45. The molecule has 0 bridgehead atoms. The first-order valence-electron chi connectivity index (χ1n) is 6.34. The van der Waals surface area contributed by atoms with Gasteiger partial charge in [0, 0.05) is 12.6 Å². The Bertz CT molecular complexity index is 680. The number of aryl methyl sites for hydroxylation is 1. The van der Waals surface area contributed by atoms with Gasteiger partial charge in [-0.1, -0.05) is 30.3 Å². The summed E-state index contributed by atoms with van der Waals surface area (Å²) in [6.07, 6.45) is 1.28. The number of hydrogen-bond acceptors (Lipinski definition) is 4. The predicted molar refractivity (Wildman–Crippen MR) is 77.5 cm³/mol. The molecular weight excluding hydrogens is 276 g/mol. The van der Waals surface area contributed by atoms with E-state index in [9.17, 15) is 8.42 Å². The molecule has 0 saturated carbocycles. The molecule has 0 radical (unpaired) electrons. The van der Waals surface area contributed by atoms with E-state index in [-0.39, 0.29) is 16.8 Å². The van der Waals surface area contributed by atoms with Gasteiger partial charge in [-0.3, -0.25) is 0 Å². The van der Waals surface area contributed by atoms with Crippen molar-refractivity contribution in [2.75, 3.05) is 5.73 Å². The van der Waals surface area contributed by atoms with E-state index in [1.165, 1.54) is 10.9 Å². The Kier molecular flexibility index (Phi) is 4.10. The minimum absolute atomic E-state index is 0.0159. The minimum atomic E-state index is -3.69. The van der Waals surface area contributed by atoms with Gasteiger partial charge in [-0.2, -0.15) is 5.10 Å². The van der Waals surface area contributed by atoms with Crippen molar-refractivity contribution in [3.8, 4) is 0 Å². The molecule has 0 spiro atoms. The molecule has 0 fully saturated rings. The van der Waals surface area contributed by atoms with E-state index in [1.54, 1.807) is 6.92 Å². The highest BCUT2D eigenvalue weighted by atomic mass is 32.2. The number of hydrogen-bond donors (Lipinski definition) is 2. The smallest absolute Gasteiger partial charge is 0.246 e. The number of aromatic nitrogens is 2. The second kappa shape index (κ2) is 5.64. The highest BCUT2D eigenvalue weighted by Gasteiger charge is 2.23. The molecule has 0 aliphatic carbocycles. The Balaban J connectivity index is 2.25. The van der Waals surface area contributed by atoms with E-state index in [1.807, 2.05) is 37.3 Å². The summed E-state index contributed by atoms with van der Waals surface area (Å²) in [6.45, 7) is 4.16. The minimum Gasteiger partial charge on any atom is -0.383 e. The zero-order chi connectivity index (χ0) is 14.8. The first-order valence-corrected chi connectivity index (χ1v) is 7.82. The van der Waals surface area contributed by atoms with E-state index >= 15 is 0 Å². The SMILES string of the molecule is CCn1ncc(S(=O)(=O)NC(C)c2ccccc2)c1N. The topological polar surface area (TPSA) is 90.0 Å². The third-order valence-electron chi connectivity index (χ3n) is 3.07. The lowest BCUT2D eigenvalue weighted by Crippen LogP contribution is -2.27. The number of nitrogens with one attached hydrogen (secondary N) is 1. The maximum absolute atomic E-state index is 12.3. The molecule has 3 N–H and O–H groups in total. The van der Waals surface area contributed by atoms with Gasteiger partial charge in [0.25, 0.3) is 0 Å². The average Bonchev–Trinajstić information content (AvgIpc) is 2.81. The number of rotatable bonds is 5. The number of benzene rings is 1. The Morgan fingerprint density at radius 3 is 2.55 bits per heavy atom. The largest absolute Gasteiger partial charge is 0.383 e. The van der Waals surface area contributed by atoms with Crippen LogP contribution in [0.15, 0.2) is 41.4 Å². The standard InChI is InChI=1S/C13H18N4O2S/c1-3-17-13(14)12(9-15-17)20(18,19)16-10(2)11-7-5-4-6-8-11/h4-10,16H,3,14H2,1-2H3. The van der Waals surface area contributed by atoms with Gasteiger partial charge in [-0.05, 0) is 19.4 Å². The Morgan fingerprint density at radius 1 is 1.35 bits per heavy atom. The molecule has 1 aromatic heterocycles. The van der Waals surface area contributed by atoms with Crippen LogP contribution < -0.4 is 10.5 Å². The van der Waals surface area contributed by atoms with Crippen LogP contribution in [0, 0.1) is 0 Å². The number of nitrogens with zero attached hydrogens (tertiary/aromatic N) is 2. The average molecular weight is 294 g/mol. The molecule has 6 nitrogen and oxygen atoms in total. The zero-order valence-corrected chi connectivity index (χ0v) is 12.3. The number of anilines is 1. The van der Waals surface area contributed by atoms with Gasteiger partial charge in [-0.15, -0.1) is 0 Å². The number of nitrogens with two attached hydrogens (primary N) is 1. The second-order valence-electron chi connectivity index (χ2n) is 4.46. The fourth-order valence-electron chi connectivity index (χ4n) is 1.94. The van der Waals surface area contributed by atoms with Gasteiger partial charge in [0.15, 0.2) is 0 Å². The Hall–Kier alpha value is -1.86. The third-order valence-corrected chi connectivity index (χ3v) is 4.62. The van der Waals surface area contributed by atoms with E-state index in [2.05, 4.69) is 9.82 Å². The van der Waals surface area contributed by atoms with Crippen LogP contribution in [0.2, 0.25) is 0 Å². The zero-order valence-electron chi connectivity index (χ0n) is 11.4. The molecule has 1 aromatic carbocycles. The molecule has 2 aromatic rings. The predicted octanol–water partition coefficient (Wildman–Crippen LogP) is 1.52. The first kappa shape index (κ1) is 14.5. The summed E-state index contributed by atoms with van der Waals surface area (Å²) in [6, 6.07) is 9.00. The maximum atomic E-state index is 12.3. The van der Waals surface area contributed by atoms with Crippen LogP contribution in [-0.2, 0) is 16.6 Å². The van der Waals surface area contributed by atoms with E-state index in [4.69, 9.17) is 5.73 Å². The molecular formula is C13H18N4O2S. The van der Waals surface area contributed by atoms with Crippen LogP contribution in [0.5, 0.6) is 0 Å². The lowest BCUT2D eigenvalue weighted by molar-refractivity contribution is 0.567. The Morgan fingerprint density at radius 2 is 2.00 bits per heavy atom. The molecule has 2 rings (SSSR count). The van der Waals surface area contributed by atoms with Crippen LogP contribution in [0.25, 0.3) is 0 Å². The van der Waals surface area contributed by atoms with Crippen LogP contribution in [-0.4, -0.2) is 18.2 Å². The number of nitrogen functional groups attached to an aromatic ring is 1. The Labute approximate surface area is 118 Å². The quantitative estimate of drug-likeness (QED) is 0.875. The van der Waals surface area contributed by atoms with Gasteiger partial charge in [0.05, 0.1) is 6.20 Å². The highest BCUT2D eigenvalue weighted by Crippen LogP contribution is 2.20. The molecule has 0 saturated heterocycles. The fourth-order valence-corrected chi connectivity index (χ4v) is 3.24. The summed E-state index contributed by atoms with van der Waals surface area (Å²) in [5.74, 6) is 0.153. The third kappa shape index (κ3) is 2.83. The van der Waals surface area contributed by atoms with Crippen molar-refractivity contribution in [1.29, 1.82) is 0 Å². The normalized spacial score (nSPS) is 13.3. The van der Waals surface area contributed by atoms with E-state index in [0.29, 0.717) is 6.54 Å².